The van der Waals surface area contributed by atoms with Crippen molar-refractivity contribution in [2.45, 2.75) is 0 Å². The van der Waals surface area contributed by atoms with Crippen molar-refractivity contribution in [3.63, 3.8) is 0 Å². The summed E-state index contributed by atoms with van der Waals surface area (Å²) in [7, 11) is 0. The summed E-state index contributed by atoms with van der Waals surface area (Å²) in [6.45, 7) is 0. The fraction of sp³-hybridized carbons (Fsp3) is 0. The molecular weight excluding hydrogens is 247 g/mol. The lowest BCUT2D eigenvalue weighted by Crippen LogP contribution is -1.92. The van der Waals surface area contributed by atoms with Gasteiger partial charge in [-0.2, -0.15) is 0 Å². The van der Waals surface area contributed by atoms with Crippen LogP contribution in [0.1, 0.15) is 0 Å². The Labute approximate surface area is 108 Å². The Hall–Kier alpha value is -2.07. The van der Waals surface area contributed by atoms with Crippen molar-refractivity contribution < 1.29 is 4.39 Å². The zero-order chi connectivity index (χ0) is 12.5. The standard InChI is InChI=1S/C14H9FN2S/c15-12-8-16-14(18)17-13(12)11-6-5-9-3-1-2-4-10(9)7-11/h1-8H,(H,16,17,18). The van der Waals surface area contributed by atoms with Crippen LogP contribution < -0.4 is 0 Å². The lowest BCUT2D eigenvalue weighted by atomic mass is 10.0. The quantitative estimate of drug-likeness (QED) is 0.664. The SMILES string of the molecule is Fc1cnc(=S)[nH]c1-c1ccc2ccccc2c1. The van der Waals surface area contributed by atoms with Gasteiger partial charge in [0.2, 0.25) is 0 Å². The molecule has 0 unspecified atom stereocenters. The number of benzene rings is 2. The number of hydrogen-bond acceptors (Lipinski definition) is 2. The van der Waals surface area contributed by atoms with Gasteiger partial charge in [-0.3, -0.25) is 0 Å². The minimum absolute atomic E-state index is 0.277. The van der Waals surface area contributed by atoms with Gasteiger partial charge in [0.15, 0.2) is 10.6 Å². The maximum atomic E-state index is 13.7. The highest BCUT2D eigenvalue weighted by Crippen LogP contribution is 2.24. The molecule has 0 saturated heterocycles. The lowest BCUT2D eigenvalue weighted by Gasteiger charge is -2.05. The zero-order valence-corrected chi connectivity index (χ0v) is 10.2. The maximum absolute atomic E-state index is 13.7. The molecule has 0 aliphatic carbocycles. The van der Waals surface area contributed by atoms with Gasteiger partial charge in [-0.1, -0.05) is 36.4 Å². The Kier molecular flexibility index (Phi) is 2.64. The number of aromatic amines is 1. The van der Waals surface area contributed by atoms with Crippen molar-refractivity contribution in [1.82, 2.24) is 9.97 Å². The minimum atomic E-state index is -0.404. The summed E-state index contributed by atoms with van der Waals surface area (Å²) < 4.78 is 14.0. The smallest absolute Gasteiger partial charge is 0.197 e. The van der Waals surface area contributed by atoms with E-state index in [1.54, 1.807) is 0 Å². The Morgan fingerprint density at radius 3 is 2.67 bits per heavy atom. The molecule has 0 spiro atoms. The summed E-state index contributed by atoms with van der Waals surface area (Å²) in [5.74, 6) is -0.404. The monoisotopic (exact) mass is 256 g/mol. The van der Waals surface area contributed by atoms with Crippen molar-refractivity contribution in [3.8, 4) is 11.3 Å². The number of hydrogen-bond donors (Lipinski definition) is 1. The number of aromatic nitrogens is 2. The first-order valence-electron chi connectivity index (χ1n) is 5.48. The highest BCUT2D eigenvalue weighted by Gasteiger charge is 2.06. The summed E-state index contributed by atoms with van der Waals surface area (Å²) in [5, 5.41) is 2.18. The molecule has 0 aliphatic rings. The third-order valence-corrected chi connectivity index (χ3v) is 3.01. The van der Waals surface area contributed by atoms with Gasteiger partial charge in [0.25, 0.3) is 0 Å². The topological polar surface area (TPSA) is 28.7 Å². The lowest BCUT2D eigenvalue weighted by molar-refractivity contribution is 0.617. The van der Waals surface area contributed by atoms with Gasteiger partial charge in [0.1, 0.15) is 0 Å². The molecule has 3 aromatic rings. The molecule has 0 bridgehead atoms. The van der Waals surface area contributed by atoms with Gasteiger partial charge in [-0.25, -0.2) is 9.37 Å². The van der Waals surface area contributed by atoms with Crippen LogP contribution in [0, 0.1) is 10.6 Å². The van der Waals surface area contributed by atoms with Gasteiger partial charge in [0.05, 0.1) is 11.9 Å². The van der Waals surface area contributed by atoms with Gasteiger partial charge in [-0.15, -0.1) is 0 Å². The van der Waals surface area contributed by atoms with E-state index in [1.165, 1.54) is 0 Å². The van der Waals surface area contributed by atoms with Crippen LogP contribution >= 0.6 is 12.2 Å². The largest absolute Gasteiger partial charge is 0.328 e. The van der Waals surface area contributed by atoms with E-state index in [-0.39, 0.29) is 4.77 Å². The molecule has 0 radical (unpaired) electrons. The first-order chi connectivity index (χ1) is 8.74. The molecule has 0 amide bonds. The number of H-pyrrole nitrogens is 1. The van der Waals surface area contributed by atoms with Gasteiger partial charge in [-0.05, 0) is 29.1 Å². The molecule has 2 aromatic carbocycles. The van der Waals surface area contributed by atoms with Crippen LogP contribution in [-0.2, 0) is 0 Å². The molecule has 1 N–H and O–H groups in total. The fourth-order valence-corrected chi connectivity index (χ4v) is 2.09. The summed E-state index contributed by atoms with van der Waals surface area (Å²) in [6, 6.07) is 13.7. The molecule has 0 saturated carbocycles. The fourth-order valence-electron chi connectivity index (χ4n) is 1.93. The number of nitrogens with zero attached hydrogens (tertiary/aromatic N) is 1. The normalized spacial score (nSPS) is 10.7. The van der Waals surface area contributed by atoms with Gasteiger partial charge < -0.3 is 4.98 Å². The van der Waals surface area contributed by atoms with Crippen LogP contribution in [0.3, 0.4) is 0 Å². The van der Waals surface area contributed by atoms with Crippen molar-refractivity contribution in [3.05, 3.63) is 59.2 Å². The average molecular weight is 256 g/mol. The van der Waals surface area contributed by atoms with Gasteiger partial charge in [0, 0.05) is 5.56 Å². The minimum Gasteiger partial charge on any atom is -0.328 e. The first kappa shape index (κ1) is 11.0. The first-order valence-corrected chi connectivity index (χ1v) is 5.89. The van der Waals surface area contributed by atoms with Crippen LogP contribution in [0.2, 0.25) is 0 Å². The molecule has 4 heteroatoms. The Balaban J connectivity index is 2.25. The van der Waals surface area contributed by atoms with Crippen LogP contribution in [0.25, 0.3) is 22.0 Å². The van der Waals surface area contributed by atoms with Gasteiger partial charge >= 0.3 is 0 Å². The highest BCUT2D eigenvalue weighted by molar-refractivity contribution is 7.71. The number of halogens is 1. The molecule has 1 aromatic heterocycles. The van der Waals surface area contributed by atoms with E-state index >= 15 is 0 Å². The number of rotatable bonds is 1. The molecule has 3 rings (SSSR count). The van der Waals surface area contributed by atoms with Crippen molar-refractivity contribution in [1.29, 1.82) is 0 Å². The predicted molar refractivity (Wildman–Crippen MR) is 72.3 cm³/mol. The number of nitrogens with one attached hydrogen (secondary N) is 1. The van der Waals surface area contributed by atoms with E-state index in [0.29, 0.717) is 5.69 Å². The van der Waals surface area contributed by atoms with Crippen LogP contribution in [-0.4, -0.2) is 9.97 Å². The van der Waals surface area contributed by atoms with E-state index in [4.69, 9.17) is 12.2 Å². The zero-order valence-electron chi connectivity index (χ0n) is 9.35. The molecule has 0 atom stereocenters. The molecule has 18 heavy (non-hydrogen) atoms. The maximum Gasteiger partial charge on any atom is 0.197 e. The summed E-state index contributed by atoms with van der Waals surface area (Å²) >= 11 is 4.92. The third-order valence-electron chi connectivity index (χ3n) is 2.80. The summed E-state index contributed by atoms with van der Waals surface area (Å²) in [5.41, 5.74) is 1.14. The van der Waals surface area contributed by atoms with Crippen LogP contribution in [0.5, 0.6) is 0 Å². The van der Waals surface area contributed by atoms with Crippen molar-refractivity contribution in [2.75, 3.05) is 0 Å². The second-order valence-corrected chi connectivity index (χ2v) is 4.36. The molecule has 88 valence electrons. The Bertz CT molecular complexity index is 780. The molecule has 1 heterocycles. The second kappa shape index (κ2) is 4.31. The van der Waals surface area contributed by atoms with E-state index in [9.17, 15) is 4.39 Å². The van der Waals surface area contributed by atoms with E-state index in [2.05, 4.69) is 9.97 Å². The summed E-state index contributed by atoms with van der Waals surface area (Å²) in [4.78, 5) is 6.50. The van der Waals surface area contributed by atoms with Crippen LogP contribution in [0.15, 0.2) is 48.7 Å². The summed E-state index contributed by atoms with van der Waals surface area (Å²) in [6.07, 6.45) is 1.14. The molecule has 2 nitrogen and oxygen atoms in total. The van der Waals surface area contributed by atoms with E-state index in [0.717, 1.165) is 22.5 Å². The highest BCUT2D eigenvalue weighted by atomic mass is 32.1. The molecule has 0 fully saturated rings. The van der Waals surface area contributed by atoms with Crippen molar-refractivity contribution >= 4 is 23.0 Å². The molecule has 0 aliphatic heterocycles. The second-order valence-electron chi connectivity index (χ2n) is 3.97. The van der Waals surface area contributed by atoms with Crippen molar-refractivity contribution in [2.24, 2.45) is 0 Å². The predicted octanol–water partition coefficient (Wildman–Crippen LogP) is 4.10. The Morgan fingerprint density at radius 2 is 1.83 bits per heavy atom. The van der Waals surface area contributed by atoms with E-state index in [1.807, 2.05) is 42.5 Å². The van der Waals surface area contributed by atoms with E-state index < -0.39 is 5.82 Å². The third kappa shape index (κ3) is 1.91. The molecular formula is C14H9FN2S. The van der Waals surface area contributed by atoms with Crippen LogP contribution in [0.4, 0.5) is 4.39 Å². The Morgan fingerprint density at radius 1 is 1.06 bits per heavy atom. The average Bonchev–Trinajstić information content (AvgIpc) is 2.41. The number of fused-ring (bicyclic) bond motifs is 1.